The predicted octanol–water partition coefficient (Wildman–Crippen LogP) is 16.6. The first-order valence-electron chi connectivity index (χ1n) is 22.1. The number of thiophene rings is 1. The minimum atomic E-state index is 0.539. The zero-order valence-electron chi connectivity index (χ0n) is 35.7. The Morgan fingerprint density at radius 1 is 0.385 bits per heavy atom. The normalized spacial score (nSPS) is 11.5. The van der Waals surface area contributed by atoms with Gasteiger partial charge in [0.2, 0.25) is 5.95 Å². The van der Waals surface area contributed by atoms with Crippen LogP contribution in [0.15, 0.2) is 211 Å². The summed E-state index contributed by atoms with van der Waals surface area (Å²) in [6, 6.07) is 72.9. The Kier molecular flexibility index (Phi) is 9.39. The van der Waals surface area contributed by atoms with Crippen molar-refractivity contribution in [2.24, 2.45) is 0 Å². The number of nitrogens with zero attached hydrogens (tertiary/aromatic N) is 4. The van der Waals surface area contributed by atoms with Crippen molar-refractivity contribution in [3.05, 3.63) is 206 Å². The van der Waals surface area contributed by atoms with Gasteiger partial charge in [0.15, 0.2) is 11.6 Å². The van der Waals surface area contributed by atoms with Crippen LogP contribution in [0, 0.1) is 0 Å². The van der Waals surface area contributed by atoms with Gasteiger partial charge in [-0.3, -0.25) is 4.57 Å². The maximum atomic E-state index is 6.36. The topological polar surface area (TPSA) is 56.7 Å². The molecule has 0 aliphatic carbocycles. The highest BCUT2D eigenvalue weighted by molar-refractivity contribution is 7.26. The van der Waals surface area contributed by atoms with Crippen molar-refractivity contribution in [2.75, 3.05) is 0 Å². The minimum Gasteiger partial charge on any atom is -0.456 e. The van der Waals surface area contributed by atoms with Gasteiger partial charge in [-0.15, -0.1) is 11.3 Å². The van der Waals surface area contributed by atoms with E-state index in [9.17, 15) is 0 Å². The van der Waals surface area contributed by atoms with Crippen molar-refractivity contribution in [1.82, 2.24) is 19.5 Å². The number of fused-ring (bicyclic) bond motifs is 9. The number of hydrogen-bond donors (Lipinski definition) is 0. The van der Waals surface area contributed by atoms with Crippen molar-refractivity contribution >= 4 is 75.3 Å². The van der Waals surface area contributed by atoms with Gasteiger partial charge in [0.25, 0.3) is 0 Å². The predicted molar refractivity (Wildman–Crippen MR) is 273 cm³/mol. The minimum absolute atomic E-state index is 0.539. The van der Waals surface area contributed by atoms with Gasteiger partial charge in [0.05, 0.1) is 11.0 Å². The fourth-order valence-corrected chi connectivity index (χ4v) is 10.6. The summed E-state index contributed by atoms with van der Waals surface area (Å²) in [5.41, 5.74) is 12.3. The van der Waals surface area contributed by atoms with E-state index in [0.29, 0.717) is 17.6 Å². The van der Waals surface area contributed by atoms with E-state index in [1.54, 1.807) is 0 Å². The maximum absolute atomic E-state index is 6.36. The molecule has 0 radical (unpaired) electrons. The molecule has 0 atom stereocenters. The fraction of sp³-hybridized carbons (Fsp3) is 0.0339. The average molecular weight is 853 g/mol. The van der Waals surface area contributed by atoms with Crippen molar-refractivity contribution in [3.8, 4) is 62.1 Å². The summed E-state index contributed by atoms with van der Waals surface area (Å²) < 4.78 is 11.2. The highest BCUT2D eigenvalue weighted by atomic mass is 32.1. The zero-order chi connectivity index (χ0) is 43.4. The summed E-state index contributed by atoms with van der Waals surface area (Å²) in [6.07, 6.45) is 0. The molecule has 0 unspecified atom stereocenters. The lowest BCUT2D eigenvalue weighted by atomic mass is 9.92. The largest absolute Gasteiger partial charge is 0.456 e. The summed E-state index contributed by atoms with van der Waals surface area (Å²) in [5.74, 6) is 1.69. The Morgan fingerprint density at radius 3 is 1.77 bits per heavy atom. The average Bonchev–Trinajstić information content (AvgIpc) is 4.07. The van der Waals surface area contributed by atoms with Crippen molar-refractivity contribution in [3.63, 3.8) is 0 Å². The molecule has 6 heteroatoms. The van der Waals surface area contributed by atoms with E-state index in [4.69, 9.17) is 19.4 Å². The van der Waals surface area contributed by atoms with Crippen LogP contribution in [0.5, 0.6) is 0 Å². The van der Waals surface area contributed by atoms with Gasteiger partial charge in [0, 0.05) is 58.4 Å². The van der Waals surface area contributed by atoms with Crippen LogP contribution in [-0.2, 0) is 0 Å². The van der Waals surface area contributed by atoms with Crippen LogP contribution in [0.4, 0.5) is 0 Å². The monoisotopic (exact) mass is 852 g/mol. The molecule has 13 rings (SSSR count). The van der Waals surface area contributed by atoms with Crippen LogP contribution >= 0.6 is 11.3 Å². The summed E-state index contributed by atoms with van der Waals surface area (Å²) >= 11 is 1.86. The molecule has 0 fully saturated rings. The van der Waals surface area contributed by atoms with E-state index in [0.717, 1.165) is 82.7 Å². The van der Waals surface area contributed by atoms with E-state index in [1.165, 1.54) is 25.7 Å². The highest BCUT2D eigenvalue weighted by Crippen LogP contribution is 2.44. The van der Waals surface area contributed by atoms with E-state index in [2.05, 4.69) is 168 Å². The molecule has 5 nitrogen and oxygen atoms in total. The second kappa shape index (κ2) is 15.9. The fourth-order valence-electron chi connectivity index (χ4n) is 9.34. The van der Waals surface area contributed by atoms with Gasteiger partial charge in [-0.25, -0.2) is 4.98 Å². The van der Waals surface area contributed by atoms with Gasteiger partial charge in [-0.05, 0) is 76.3 Å². The molecule has 0 amide bonds. The van der Waals surface area contributed by atoms with E-state index in [-0.39, 0.29) is 0 Å². The van der Waals surface area contributed by atoms with Crippen LogP contribution in [0.1, 0.15) is 13.8 Å². The van der Waals surface area contributed by atoms with Gasteiger partial charge in [-0.1, -0.05) is 172 Å². The van der Waals surface area contributed by atoms with Gasteiger partial charge >= 0.3 is 0 Å². The smallest absolute Gasteiger partial charge is 0.238 e. The van der Waals surface area contributed by atoms with Crippen molar-refractivity contribution < 1.29 is 4.42 Å². The molecule has 308 valence electrons. The lowest BCUT2D eigenvalue weighted by Gasteiger charge is -2.15. The molecule has 4 heterocycles. The summed E-state index contributed by atoms with van der Waals surface area (Å²) in [5, 5.41) is 6.94. The second-order valence-corrected chi connectivity index (χ2v) is 17.0. The third kappa shape index (κ3) is 6.49. The number of para-hydroxylation sites is 3. The van der Waals surface area contributed by atoms with E-state index >= 15 is 0 Å². The van der Waals surface area contributed by atoms with Crippen LogP contribution < -0.4 is 0 Å². The first-order valence-corrected chi connectivity index (χ1v) is 22.9. The Hall–Kier alpha value is -8.19. The van der Waals surface area contributed by atoms with Crippen molar-refractivity contribution in [1.29, 1.82) is 0 Å². The molecule has 0 aliphatic heterocycles. The first-order chi connectivity index (χ1) is 32.2. The highest BCUT2D eigenvalue weighted by Gasteiger charge is 2.22. The summed E-state index contributed by atoms with van der Waals surface area (Å²) in [4.78, 5) is 15.8. The van der Waals surface area contributed by atoms with Crippen LogP contribution in [-0.4, -0.2) is 19.5 Å². The molecule has 0 spiro atoms. The molecule has 65 heavy (non-hydrogen) atoms. The SMILES string of the molecule is CC.c1ccc(-c2cc(-c3cccc4c3sc3ccccc34)cc(-c3cccc4c5ccccc5n(-c5nc(-c6ccccc6)nc(-c6ccc7c(c6)oc6ccccc67)n5)c34)c2)cc1. The van der Waals surface area contributed by atoms with Crippen LogP contribution in [0.25, 0.3) is 126 Å². The molecule has 4 aromatic heterocycles. The molecule has 0 aliphatic rings. The molecular formula is C59H40N4OS. The number of hydrogen-bond acceptors (Lipinski definition) is 5. The number of furan rings is 1. The number of rotatable bonds is 6. The third-order valence-electron chi connectivity index (χ3n) is 12.3. The van der Waals surface area contributed by atoms with Gasteiger partial charge in [0.1, 0.15) is 11.2 Å². The summed E-state index contributed by atoms with van der Waals surface area (Å²) in [7, 11) is 0. The Balaban J connectivity index is 0.00000219. The van der Waals surface area contributed by atoms with Crippen LogP contribution in [0.2, 0.25) is 0 Å². The first kappa shape index (κ1) is 38.5. The van der Waals surface area contributed by atoms with Gasteiger partial charge in [-0.2, -0.15) is 9.97 Å². The maximum Gasteiger partial charge on any atom is 0.238 e. The Morgan fingerprint density at radius 2 is 0.969 bits per heavy atom. The van der Waals surface area contributed by atoms with Gasteiger partial charge < -0.3 is 4.42 Å². The van der Waals surface area contributed by atoms with Crippen LogP contribution in [0.3, 0.4) is 0 Å². The second-order valence-electron chi connectivity index (χ2n) is 16.0. The molecule has 0 bridgehead atoms. The van der Waals surface area contributed by atoms with Crippen molar-refractivity contribution in [2.45, 2.75) is 13.8 Å². The molecule has 9 aromatic carbocycles. The lowest BCUT2D eigenvalue weighted by molar-refractivity contribution is 0.669. The van der Waals surface area contributed by atoms with E-state index < -0.39 is 0 Å². The Bertz CT molecular complexity index is 3920. The molecule has 0 N–H and O–H groups in total. The standard InChI is InChI=1S/C57H34N4OS.C2H6/c1-3-15-35(16-4-1)38-31-39(33-40(32-38)42-23-14-25-48-46-21-9-12-28-52(46)63-54(42)48)41-22-13-24-47-43-19-7-10-26-49(43)61(53(41)47)57-59-55(36-17-5-2-6-18-36)58-56(60-57)37-29-30-45-44-20-8-11-27-50(44)62-51(45)34-37;1-2/h1-34H;1-2H3. The molecular weight excluding hydrogens is 813 g/mol. The zero-order valence-corrected chi connectivity index (χ0v) is 36.6. The summed E-state index contributed by atoms with van der Waals surface area (Å²) in [6.45, 7) is 4.00. The molecule has 13 aromatic rings. The van der Waals surface area contributed by atoms with E-state index in [1.807, 2.05) is 67.6 Å². The third-order valence-corrected chi connectivity index (χ3v) is 13.5. The number of aromatic nitrogens is 4. The number of benzene rings is 9. The molecule has 0 saturated heterocycles. The lowest BCUT2D eigenvalue weighted by Crippen LogP contribution is -2.07. The molecule has 0 saturated carbocycles. The quantitative estimate of drug-likeness (QED) is 0.167. The Labute approximate surface area is 379 Å².